The fourth-order valence-corrected chi connectivity index (χ4v) is 2.34. The van der Waals surface area contributed by atoms with Gasteiger partial charge in [0, 0.05) is 36.9 Å². The van der Waals surface area contributed by atoms with Crippen LogP contribution in [0.1, 0.15) is 13.8 Å². The minimum absolute atomic E-state index is 0.537. The molecule has 3 nitrogen and oxygen atoms in total. The molecule has 0 radical (unpaired) electrons. The van der Waals surface area contributed by atoms with E-state index in [1.54, 1.807) is 7.11 Å². The Bertz CT molecular complexity index is 344. The van der Waals surface area contributed by atoms with Crippen LogP contribution in [-0.2, 0) is 0 Å². The Kier molecular flexibility index (Phi) is 3.34. The van der Waals surface area contributed by atoms with E-state index in [1.807, 2.05) is 12.1 Å². The largest absolute Gasteiger partial charge is 0.497 e. The number of rotatable bonds is 2. The molecule has 2 rings (SSSR count). The molecule has 16 heavy (non-hydrogen) atoms. The smallest absolute Gasteiger partial charge is 0.120 e. The van der Waals surface area contributed by atoms with Crippen molar-refractivity contribution in [2.75, 3.05) is 25.1 Å². The van der Waals surface area contributed by atoms with Crippen LogP contribution in [0.15, 0.2) is 24.3 Å². The number of nitrogens with zero attached hydrogens (tertiary/aromatic N) is 1. The second-order valence-corrected chi connectivity index (χ2v) is 4.58. The summed E-state index contributed by atoms with van der Waals surface area (Å²) in [6, 6.07) is 9.35. The van der Waals surface area contributed by atoms with Gasteiger partial charge in [-0.05, 0) is 26.0 Å². The number of nitrogens with one attached hydrogen (secondary N) is 1. The van der Waals surface area contributed by atoms with E-state index in [-0.39, 0.29) is 0 Å². The summed E-state index contributed by atoms with van der Waals surface area (Å²) in [4.78, 5) is 2.41. The van der Waals surface area contributed by atoms with Crippen molar-refractivity contribution in [2.45, 2.75) is 25.9 Å². The van der Waals surface area contributed by atoms with E-state index in [2.05, 4.69) is 36.2 Å². The van der Waals surface area contributed by atoms with Crippen molar-refractivity contribution in [3.8, 4) is 5.75 Å². The fraction of sp³-hybridized carbons (Fsp3) is 0.538. The minimum atomic E-state index is 0.537. The van der Waals surface area contributed by atoms with Gasteiger partial charge in [-0.1, -0.05) is 6.07 Å². The number of hydrogen-bond acceptors (Lipinski definition) is 3. The van der Waals surface area contributed by atoms with Gasteiger partial charge in [-0.15, -0.1) is 0 Å². The number of hydrogen-bond donors (Lipinski definition) is 1. The molecule has 0 bridgehead atoms. The number of piperazine rings is 1. The van der Waals surface area contributed by atoms with E-state index in [0.29, 0.717) is 12.1 Å². The van der Waals surface area contributed by atoms with E-state index < -0.39 is 0 Å². The SMILES string of the molecule is COc1cccc(N2C[C@@H](C)N[C@@H](C)C2)c1. The summed E-state index contributed by atoms with van der Waals surface area (Å²) in [5.74, 6) is 0.927. The number of anilines is 1. The average Bonchev–Trinajstić information content (AvgIpc) is 2.28. The van der Waals surface area contributed by atoms with Gasteiger partial charge >= 0.3 is 0 Å². The lowest BCUT2D eigenvalue weighted by Gasteiger charge is -2.37. The van der Waals surface area contributed by atoms with Gasteiger partial charge in [-0.3, -0.25) is 0 Å². The van der Waals surface area contributed by atoms with Crippen LogP contribution in [0.25, 0.3) is 0 Å². The number of methoxy groups -OCH3 is 1. The molecule has 1 heterocycles. The molecule has 1 aromatic rings. The van der Waals surface area contributed by atoms with Crippen molar-refractivity contribution in [1.29, 1.82) is 0 Å². The second-order valence-electron chi connectivity index (χ2n) is 4.58. The average molecular weight is 220 g/mol. The molecule has 0 aromatic heterocycles. The van der Waals surface area contributed by atoms with Gasteiger partial charge in [0.05, 0.1) is 7.11 Å². The van der Waals surface area contributed by atoms with Crippen LogP contribution >= 0.6 is 0 Å². The van der Waals surface area contributed by atoms with E-state index in [1.165, 1.54) is 5.69 Å². The van der Waals surface area contributed by atoms with Crippen LogP contribution < -0.4 is 15.0 Å². The van der Waals surface area contributed by atoms with Crippen LogP contribution in [0.3, 0.4) is 0 Å². The first-order valence-electron chi connectivity index (χ1n) is 5.84. The van der Waals surface area contributed by atoms with Gasteiger partial charge in [0.1, 0.15) is 5.75 Å². The van der Waals surface area contributed by atoms with Gasteiger partial charge < -0.3 is 15.0 Å². The molecular formula is C13H20N2O. The predicted molar refractivity (Wildman–Crippen MR) is 67.3 cm³/mol. The van der Waals surface area contributed by atoms with Crippen molar-refractivity contribution in [3.05, 3.63) is 24.3 Å². The van der Waals surface area contributed by atoms with Crippen LogP contribution in [0.4, 0.5) is 5.69 Å². The Morgan fingerprint density at radius 2 is 1.94 bits per heavy atom. The van der Waals surface area contributed by atoms with Crippen LogP contribution in [-0.4, -0.2) is 32.3 Å². The predicted octanol–water partition coefficient (Wildman–Crippen LogP) is 1.88. The third kappa shape index (κ3) is 2.47. The number of benzene rings is 1. The van der Waals surface area contributed by atoms with Gasteiger partial charge in [0.15, 0.2) is 0 Å². The Labute approximate surface area is 97.4 Å². The molecule has 1 saturated heterocycles. The Morgan fingerprint density at radius 1 is 1.25 bits per heavy atom. The maximum Gasteiger partial charge on any atom is 0.120 e. The standard InChI is InChI=1S/C13H20N2O/c1-10-8-15(9-11(2)14-10)12-5-4-6-13(7-12)16-3/h4-7,10-11,14H,8-9H2,1-3H3/t10-,11+. The summed E-state index contributed by atoms with van der Waals surface area (Å²) in [6.07, 6.45) is 0. The zero-order valence-corrected chi connectivity index (χ0v) is 10.2. The summed E-state index contributed by atoms with van der Waals surface area (Å²) in [7, 11) is 1.71. The first kappa shape index (κ1) is 11.3. The molecule has 0 aliphatic carbocycles. The highest BCUT2D eigenvalue weighted by Gasteiger charge is 2.21. The van der Waals surface area contributed by atoms with Crippen LogP contribution in [0, 0.1) is 0 Å². The Morgan fingerprint density at radius 3 is 2.56 bits per heavy atom. The quantitative estimate of drug-likeness (QED) is 0.823. The van der Waals surface area contributed by atoms with E-state index >= 15 is 0 Å². The summed E-state index contributed by atoms with van der Waals surface area (Å²) in [5.41, 5.74) is 1.25. The molecule has 0 amide bonds. The van der Waals surface area contributed by atoms with Gasteiger partial charge in [-0.2, -0.15) is 0 Å². The van der Waals surface area contributed by atoms with Crippen molar-refractivity contribution in [1.82, 2.24) is 5.32 Å². The molecule has 0 spiro atoms. The minimum Gasteiger partial charge on any atom is -0.497 e. The van der Waals surface area contributed by atoms with Crippen molar-refractivity contribution < 1.29 is 4.74 Å². The zero-order valence-electron chi connectivity index (χ0n) is 10.2. The summed E-state index contributed by atoms with van der Waals surface area (Å²) < 4.78 is 5.26. The first-order chi connectivity index (χ1) is 7.69. The van der Waals surface area contributed by atoms with Gasteiger partial charge in [-0.25, -0.2) is 0 Å². The summed E-state index contributed by atoms with van der Waals surface area (Å²) in [5, 5.41) is 3.53. The fourth-order valence-electron chi connectivity index (χ4n) is 2.34. The highest BCUT2D eigenvalue weighted by molar-refractivity contribution is 5.51. The summed E-state index contributed by atoms with van der Waals surface area (Å²) >= 11 is 0. The molecule has 1 fully saturated rings. The molecular weight excluding hydrogens is 200 g/mol. The summed E-state index contributed by atoms with van der Waals surface area (Å²) in [6.45, 7) is 6.56. The second kappa shape index (κ2) is 4.74. The Hall–Kier alpha value is -1.22. The maximum atomic E-state index is 5.26. The monoisotopic (exact) mass is 220 g/mol. The van der Waals surface area contributed by atoms with E-state index in [0.717, 1.165) is 18.8 Å². The molecule has 0 unspecified atom stereocenters. The molecule has 1 aliphatic rings. The van der Waals surface area contributed by atoms with Crippen LogP contribution in [0.2, 0.25) is 0 Å². The van der Waals surface area contributed by atoms with Crippen molar-refractivity contribution in [3.63, 3.8) is 0 Å². The first-order valence-corrected chi connectivity index (χ1v) is 5.84. The topological polar surface area (TPSA) is 24.5 Å². The van der Waals surface area contributed by atoms with Gasteiger partial charge in [0.2, 0.25) is 0 Å². The normalized spacial score (nSPS) is 25.6. The molecule has 2 atom stereocenters. The third-order valence-electron chi connectivity index (χ3n) is 2.98. The van der Waals surface area contributed by atoms with Gasteiger partial charge in [0.25, 0.3) is 0 Å². The zero-order chi connectivity index (χ0) is 11.5. The molecule has 88 valence electrons. The maximum absolute atomic E-state index is 5.26. The molecule has 1 aliphatic heterocycles. The molecule has 0 saturated carbocycles. The molecule has 1 aromatic carbocycles. The lowest BCUT2D eigenvalue weighted by atomic mass is 10.1. The van der Waals surface area contributed by atoms with Crippen molar-refractivity contribution >= 4 is 5.69 Å². The highest BCUT2D eigenvalue weighted by atomic mass is 16.5. The lowest BCUT2D eigenvalue weighted by molar-refractivity contribution is 0.403. The molecule has 1 N–H and O–H groups in total. The highest BCUT2D eigenvalue weighted by Crippen LogP contribution is 2.22. The third-order valence-corrected chi connectivity index (χ3v) is 2.98. The van der Waals surface area contributed by atoms with E-state index in [9.17, 15) is 0 Å². The van der Waals surface area contributed by atoms with Crippen molar-refractivity contribution in [2.24, 2.45) is 0 Å². The molecule has 3 heteroatoms. The van der Waals surface area contributed by atoms with E-state index in [4.69, 9.17) is 4.74 Å². The number of ether oxygens (including phenoxy) is 1. The lowest BCUT2D eigenvalue weighted by Crippen LogP contribution is -2.54. The van der Waals surface area contributed by atoms with Crippen LogP contribution in [0.5, 0.6) is 5.75 Å². The Balaban J connectivity index is 2.16.